The van der Waals surface area contributed by atoms with Crippen LogP contribution in [0.5, 0.6) is 0 Å². The van der Waals surface area contributed by atoms with E-state index >= 15 is 0 Å². The lowest BCUT2D eigenvalue weighted by Gasteiger charge is -2.10. The standard InChI is InChI=1S/C17H18N2O5S/c1-3-25(22,23)19-13-10-8-12(9-11-13)16(20)18-15-7-5-4-6-14(15)17(21)24-2/h4-11,19H,3H2,1-2H3,(H,18,20). The van der Waals surface area contributed by atoms with E-state index in [2.05, 4.69) is 14.8 Å². The molecule has 0 aliphatic heterocycles. The molecular formula is C17H18N2O5S. The van der Waals surface area contributed by atoms with Gasteiger partial charge >= 0.3 is 5.97 Å². The first-order chi connectivity index (χ1) is 11.9. The van der Waals surface area contributed by atoms with Gasteiger partial charge in [-0.05, 0) is 43.3 Å². The van der Waals surface area contributed by atoms with Crippen molar-refractivity contribution in [2.75, 3.05) is 22.9 Å². The molecule has 0 unspecified atom stereocenters. The summed E-state index contributed by atoms with van der Waals surface area (Å²) in [5.74, 6) is -1.03. The van der Waals surface area contributed by atoms with Crippen LogP contribution < -0.4 is 10.0 Å². The Bertz CT molecular complexity index is 876. The number of ether oxygens (including phenoxy) is 1. The van der Waals surface area contributed by atoms with Crippen LogP contribution in [-0.4, -0.2) is 33.2 Å². The van der Waals surface area contributed by atoms with Gasteiger partial charge in [-0.1, -0.05) is 12.1 Å². The van der Waals surface area contributed by atoms with Gasteiger partial charge in [-0.3, -0.25) is 9.52 Å². The predicted molar refractivity (Wildman–Crippen MR) is 95.3 cm³/mol. The second kappa shape index (κ2) is 7.80. The highest BCUT2D eigenvalue weighted by molar-refractivity contribution is 7.92. The number of sulfonamides is 1. The molecule has 2 aromatic rings. The third-order valence-electron chi connectivity index (χ3n) is 3.38. The highest BCUT2D eigenvalue weighted by Gasteiger charge is 2.14. The van der Waals surface area contributed by atoms with E-state index in [1.54, 1.807) is 24.3 Å². The summed E-state index contributed by atoms with van der Waals surface area (Å²) in [4.78, 5) is 24.0. The van der Waals surface area contributed by atoms with Gasteiger partial charge in [0, 0.05) is 11.3 Å². The number of carbonyl (C=O) groups excluding carboxylic acids is 2. The highest BCUT2D eigenvalue weighted by Crippen LogP contribution is 2.18. The molecule has 2 rings (SSSR count). The Labute approximate surface area is 146 Å². The second-order valence-corrected chi connectivity index (χ2v) is 7.09. The molecule has 1 amide bonds. The van der Waals surface area contributed by atoms with E-state index < -0.39 is 21.9 Å². The van der Waals surface area contributed by atoms with Crippen molar-refractivity contribution in [3.8, 4) is 0 Å². The number of amides is 1. The molecule has 0 saturated carbocycles. The van der Waals surface area contributed by atoms with Gasteiger partial charge in [0.1, 0.15) is 0 Å². The molecule has 7 nitrogen and oxygen atoms in total. The molecule has 0 atom stereocenters. The van der Waals surface area contributed by atoms with Gasteiger partial charge < -0.3 is 10.1 Å². The molecule has 0 spiro atoms. The topological polar surface area (TPSA) is 102 Å². The average molecular weight is 362 g/mol. The van der Waals surface area contributed by atoms with Crippen molar-refractivity contribution in [1.29, 1.82) is 0 Å². The smallest absolute Gasteiger partial charge is 0.339 e. The minimum Gasteiger partial charge on any atom is -0.465 e. The number of carbonyl (C=O) groups is 2. The predicted octanol–water partition coefficient (Wildman–Crippen LogP) is 2.49. The first-order valence-corrected chi connectivity index (χ1v) is 9.10. The number of benzene rings is 2. The van der Waals surface area contributed by atoms with Crippen molar-refractivity contribution in [3.05, 3.63) is 59.7 Å². The summed E-state index contributed by atoms with van der Waals surface area (Å²) in [6.45, 7) is 1.53. The van der Waals surface area contributed by atoms with Crippen LogP contribution in [0, 0.1) is 0 Å². The molecule has 0 saturated heterocycles. The fourth-order valence-corrected chi connectivity index (χ4v) is 2.66. The minimum atomic E-state index is -3.37. The van der Waals surface area contributed by atoms with Gasteiger partial charge in [0.15, 0.2) is 0 Å². The summed E-state index contributed by atoms with van der Waals surface area (Å²) < 4.78 is 30.1. The summed E-state index contributed by atoms with van der Waals surface area (Å²) in [7, 11) is -2.11. The Kier molecular flexibility index (Phi) is 5.76. The second-order valence-electron chi connectivity index (χ2n) is 5.07. The zero-order valence-corrected chi connectivity index (χ0v) is 14.6. The molecule has 0 fully saturated rings. The fourth-order valence-electron chi connectivity index (χ4n) is 2.02. The van der Waals surface area contributed by atoms with Crippen molar-refractivity contribution >= 4 is 33.3 Å². The van der Waals surface area contributed by atoms with Crippen molar-refractivity contribution in [2.24, 2.45) is 0 Å². The van der Waals surface area contributed by atoms with Crippen molar-refractivity contribution in [3.63, 3.8) is 0 Å². The number of hydrogen-bond donors (Lipinski definition) is 2. The number of methoxy groups -OCH3 is 1. The first kappa shape index (κ1) is 18.5. The van der Waals surface area contributed by atoms with Crippen molar-refractivity contribution in [1.82, 2.24) is 0 Å². The van der Waals surface area contributed by atoms with Crippen LogP contribution in [-0.2, 0) is 14.8 Å². The SMILES string of the molecule is CCS(=O)(=O)Nc1ccc(C(=O)Nc2ccccc2C(=O)OC)cc1. The average Bonchev–Trinajstić information content (AvgIpc) is 2.61. The lowest BCUT2D eigenvalue weighted by Crippen LogP contribution is -2.16. The van der Waals surface area contributed by atoms with Crippen molar-refractivity contribution in [2.45, 2.75) is 6.92 Å². The molecule has 0 radical (unpaired) electrons. The van der Waals surface area contributed by atoms with Crippen molar-refractivity contribution < 1.29 is 22.7 Å². The zero-order valence-electron chi connectivity index (χ0n) is 13.8. The van der Waals surface area contributed by atoms with E-state index in [4.69, 9.17) is 0 Å². The van der Waals surface area contributed by atoms with Crippen LogP contribution >= 0.6 is 0 Å². The van der Waals surface area contributed by atoms with Gasteiger partial charge in [0.25, 0.3) is 5.91 Å². The van der Waals surface area contributed by atoms with Gasteiger partial charge in [0.05, 0.1) is 24.1 Å². The largest absolute Gasteiger partial charge is 0.465 e. The lowest BCUT2D eigenvalue weighted by atomic mass is 10.1. The molecule has 0 bridgehead atoms. The quantitative estimate of drug-likeness (QED) is 0.769. The number of nitrogens with one attached hydrogen (secondary N) is 2. The third-order valence-corrected chi connectivity index (χ3v) is 4.69. The van der Waals surface area contributed by atoms with Crippen LogP contribution in [0.15, 0.2) is 48.5 Å². The monoisotopic (exact) mass is 362 g/mol. The van der Waals surface area contributed by atoms with Gasteiger partial charge in [-0.15, -0.1) is 0 Å². The summed E-state index contributed by atoms with van der Waals surface area (Å²) in [6, 6.07) is 12.5. The van der Waals surface area contributed by atoms with Crippen LogP contribution in [0.25, 0.3) is 0 Å². The number of anilines is 2. The summed E-state index contributed by atoms with van der Waals surface area (Å²) in [5, 5.41) is 2.64. The molecule has 25 heavy (non-hydrogen) atoms. The molecular weight excluding hydrogens is 344 g/mol. The van der Waals surface area contributed by atoms with Crippen LogP contribution in [0.2, 0.25) is 0 Å². The van der Waals surface area contributed by atoms with Gasteiger partial charge in [0.2, 0.25) is 10.0 Å². The number of esters is 1. The Morgan fingerprint density at radius 2 is 1.68 bits per heavy atom. The normalized spacial score (nSPS) is 10.8. The molecule has 2 aromatic carbocycles. The Balaban J connectivity index is 2.16. The molecule has 132 valence electrons. The zero-order chi connectivity index (χ0) is 18.4. The molecule has 0 heterocycles. The lowest BCUT2D eigenvalue weighted by molar-refractivity contribution is 0.0602. The molecule has 8 heteroatoms. The minimum absolute atomic E-state index is 0.0421. The maximum absolute atomic E-state index is 12.3. The van der Waals surface area contributed by atoms with Gasteiger partial charge in [-0.2, -0.15) is 0 Å². The number of hydrogen-bond acceptors (Lipinski definition) is 5. The van der Waals surface area contributed by atoms with Crippen LogP contribution in [0.4, 0.5) is 11.4 Å². The Morgan fingerprint density at radius 3 is 2.28 bits per heavy atom. The highest BCUT2D eigenvalue weighted by atomic mass is 32.2. The summed E-state index contributed by atoms with van der Waals surface area (Å²) >= 11 is 0. The summed E-state index contributed by atoms with van der Waals surface area (Å²) in [5.41, 5.74) is 1.26. The van der Waals surface area contributed by atoms with E-state index in [-0.39, 0.29) is 11.3 Å². The molecule has 0 aliphatic carbocycles. The van der Waals surface area contributed by atoms with E-state index in [0.717, 1.165) is 0 Å². The Morgan fingerprint density at radius 1 is 1.04 bits per heavy atom. The number of para-hydroxylation sites is 1. The molecule has 2 N–H and O–H groups in total. The van der Waals surface area contributed by atoms with Gasteiger partial charge in [-0.25, -0.2) is 13.2 Å². The summed E-state index contributed by atoms with van der Waals surface area (Å²) in [6.07, 6.45) is 0. The third kappa shape index (κ3) is 4.80. The maximum atomic E-state index is 12.3. The van der Waals surface area contributed by atoms with E-state index in [0.29, 0.717) is 16.9 Å². The first-order valence-electron chi connectivity index (χ1n) is 7.45. The molecule has 0 aromatic heterocycles. The molecule has 0 aliphatic rings. The maximum Gasteiger partial charge on any atom is 0.339 e. The van der Waals surface area contributed by atoms with E-state index in [9.17, 15) is 18.0 Å². The Hall–Kier alpha value is -2.87. The van der Waals surface area contributed by atoms with Crippen LogP contribution in [0.1, 0.15) is 27.6 Å². The van der Waals surface area contributed by atoms with E-state index in [1.807, 2.05) is 0 Å². The van der Waals surface area contributed by atoms with E-state index in [1.165, 1.54) is 38.3 Å². The van der Waals surface area contributed by atoms with Crippen LogP contribution in [0.3, 0.4) is 0 Å². The number of rotatable bonds is 6. The fraction of sp³-hybridized carbons (Fsp3) is 0.176.